The molecule has 0 aliphatic heterocycles. The van der Waals surface area contributed by atoms with Crippen LogP contribution in [0.15, 0.2) is 42.6 Å². The lowest BCUT2D eigenvalue weighted by Crippen LogP contribution is -2.21. The highest BCUT2D eigenvalue weighted by Crippen LogP contribution is 2.13. The predicted octanol–water partition coefficient (Wildman–Crippen LogP) is 2.52. The second-order valence-electron chi connectivity index (χ2n) is 5.27. The molecular weight excluding hydrogens is 246 g/mol. The summed E-state index contributed by atoms with van der Waals surface area (Å²) in [5.74, 6) is 0. The van der Waals surface area contributed by atoms with Crippen molar-refractivity contribution in [1.82, 2.24) is 9.88 Å². The highest BCUT2D eigenvalue weighted by molar-refractivity contribution is 5.30. The molecule has 3 heteroatoms. The van der Waals surface area contributed by atoms with Gasteiger partial charge >= 0.3 is 0 Å². The fraction of sp³-hybridized carbons (Fsp3) is 0.353. The standard InChI is InChI=1S/C17H23N3/c1-14-11-15(12-18)6-7-16(14)13-20(2)10-8-17-5-3-4-9-19-17/h3-7,9,11H,8,10,12-13,18H2,1-2H3. The van der Waals surface area contributed by atoms with Crippen molar-refractivity contribution in [2.45, 2.75) is 26.4 Å². The maximum Gasteiger partial charge on any atom is 0.0416 e. The van der Waals surface area contributed by atoms with Crippen LogP contribution in [0.3, 0.4) is 0 Å². The van der Waals surface area contributed by atoms with Gasteiger partial charge in [0.15, 0.2) is 0 Å². The summed E-state index contributed by atoms with van der Waals surface area (Å²) in [6, 6.07) is 12.6. The van der Waals surface area contributed by atoms with E-state index in [9.17, 15) is 0 Å². The molecule has 0 radical (unpaired) electrons. The molecule has 20 heavy (non-hydrogen) atoms. The van der Waals surface area contributed by atoms with Gasteiger partial charge in [-0.15, -0.1) is 0 Å². The molecule has 2 N–H and O–H groups in total. The summed E-state index contributed by atoms with van der Waals surface area (Å²) in [7, 11) is 2.15. The number of aromatic nitrogens is 1. The maximum atomic E-state index is 5.66. The van der Waals surface area contributed by atoms with E-state index in [0.717, 1.165) is 25.2 Å². The number of aryl methyl sites for hydroxylation is 1. The van der Waals surface area contributed by atoms with Crippen molar-refractivity contribution >= 4 is 0 Å². The Morgan fingerprint density at radius 1 is 1.20 bits per heavy atom. The Balaban J connectivity index is 1.89. The van der Waals surface area contributed by atoms with Gasteiger partial charge in [0.1, 0.15) is 0 Å². The smallest absolute Gasteiger partial charge is 0.0416 e. The fourth-order valence-electron chi connectivity index (χ4n) is 2.28. The van der Waals surface area contributed by atoms with Crippen molar-refractivity contribution in [2.75, 3.05) is 13.6 Å². The van der Waals surface area contributed by atoms with Gasteiger partial charge in [-0.1, -0.05) is 24.3 Å². The fourth-order valence-corrected chi connectivity index (χ4v) is 2.28. The van der Waals surface area contributed by atoms with E-state index >= 15 is 0 Å². The molecule has 1 aromatic carbocycles. The van der Waals surface area contributed by atoms with Crippen molar-refractivity contribution in [3.8, 4) is 0 Å². The van der Waals surface area contributed by atoms with Crippen LogP contribution < -0.4 is 5.73 Å². The van der Waals surface area contributed by atoms with Crippen LogP contribution in [0.5, 0.6) is 0 Å². The number of nitrogens with zero attached hydrogens (tertiary/aromatic N) is 2. The molecule has 1 heterocycles. The Labute approximate surface area is 121 Å². The normalized spacial score (nSPS) is 11.0. The first kappa shape index (κ1) is 14.7. The molecule has 0 saturated heterocycles. The zero-order chi connectivity index (χ0) is 14.4. The summed E-state index contributed by atoms with van der Waals surface area (Å²) >= 11 is 0. The molecule has 106 valence electrons. The van der Waals surface area contributed by atoms with Gasteiger partial charge in [-0.25, -0.2) is 0 Å². The summed E-state index contributed by atoms with van der Waals surface area (Å²) in [4.78, 5) is 6.69. The topological polar surface area (TPSA) is 42.1 Å². The lowest BCUT2D eigenvalue weighted by atomic mass is 10.0. The van der Waals surface area contributed by atoms with E-state index in [2.05, 4.69) is 48.1 Å². The van der Waals surface area contributed by atoms with Gasteiger partial charge < -0.3 is 10.6 Å². The molecule has 1 aromatic heterocycles. The van der Waals surface area contributed by atoms with Crippen molar-refractivity contribution in [2.24, 2.45) is 5.73 Å². The van der Waals surface area contributed by atoms with Gasteiger partial charge in [0.25, 0.3) is 0 Å². The third-order valence-electron chi connectivity index (χ3n) is 3.56. The second kappa shape index (κ2) is 7.17. The highest BCUT2D eigenvalue weighted by Gasteiger charge is 2.05. The number of pyridine rings is 1. The summed E-state index contributed by atoms with van der Waals surface area (Å²) in [6.45, 7) is 4.73. The van der Waals surface area contributed by atoms with Crippen LogP contribution >= 0.6 is 0 Å². The van der Waals surface area contributed by atoms with Gasteiger partial charge in [0.05, 0.1) is 0 Å². The molecule has 0 aliphatic rings. The first-order valence-electron chi connectivity index (χ1n) is 7.06. The minimum absolute atomic E-state index is 0.608. The van der Waals surface area contributed by atoms with E-state index in [4.69, 9.17) is 5.73 Å². The lowest BCUT2D eigenvalue weighted by Gasteiger charge is -2.18. The lowest BCUT2D eigenvalue weighted by molar-refractivity contribution is 0.329. The predicted molar refractivity (Wildman–Crippen MR) is 83.3 cm³/mol. The van der Waals surface area contributed by atoms with E-state index in [1.807, 2.05) is 18.3 Å². The third-order valence-corrected chi connectivity index (χ3v) is 3.56. The maximum absolute atomic E-state index is 5.66. The van der Waals surface area contributed by atoms with E-state index in [-0.39, 0.29) is 0 Å². The molecule has 3 nitrogen and oxygen atoms in total. The van der Waals surface area contributed by atoms with Crippen LogP contribution in [0.1, 0.15) is 22.4 Å². The minimum atomic E-state index is 0.608. The Morgan fingerprint density at radius 3 is 2.70 bits per heavy atom. The molecule has 0 aliphatic carbocycles. The van der Waals surface area contributed by atoms with Gasteiger partial charge in [-0.3, -0.25) is 4.98 Å². The van der Waals surface area contributed by atoms with E-state index in [1.165, 1.54) is 16.7 Å². The molecule has 0 amide bonds. The average Bonchev–Trinajstić information content (AvgIpc) is 2.48. The molecule has 0 fully saturated rings. The van der Waals surface area contributed by atoms with Gasteiger partial charge in [-0.05, 0) is 42.8 Å². The zero-order valence-corrected chi connectivity index (χ0v) is 12.3. The monoisotopic (exact) mass is 269 g/mol. The zero-order valence-electron chi connectivity index (χ0n) is 12.3. The number of nitrogens with two attached hydrogens (primary N) is 1. The van der Waals surface area contributed by atoms with Crippen LogP contribution in [0.2, 0.25) is 0 Å². The molecule has 0 spiro atoms. The Kier molecular flexibility index (Phi) is 5.27. The van der Waals surface area contributed by atoms with Crippen molar-refractivity contribution < 1.29 is 0 Å². The van der Waals surface area contributed by atoms with Crippen LogP contribution in [-0.4, -0.2) is 23.5 Å². The van der Waals surface area contributed by atoms with Crippen molar-refractivity contribution in [3.05, 3.63) is 65.0 Å². The minimum Gasteiger partial charge on any atom is -0.326 e. The molecule has 0 unspecified atom stereocenters. The van der Waals surface area contributed by atoms with Gasteiger partial charge in [0.2, 0.25) is 0 Å². The Morgan fingerprint density at radius 2 is 2.05 bits per heavy atom. The van der Waals surface area contributed by atoms with Crippen molar-refractivity contribution in [1.29, 1.82) is 0 Å². The van der Waals surface area contributed by atoms with Crippen LogP contribution in [0.25, 0.3) is 0 Å². The Bertz CT molecular complexity index is 537. The summed E-state index contributed by atoms with van der Waals surface area (Å²) in [6.07, 6.45) is 2.84. The number of rotatable bonds is 6. The molecule has 0 saturated carbocycles. The number of hydrogen-bond donors (Lipinski definition) is 1. The third kappa shape index (κ3) is 4.15. The van der Waals surface area contributed by atoms with Crippen molar-refractivity contribution in [3.63, 3.8) is 0 Å². The molecule has 0 atom stereocenters. The summed E-state index contributed by atoms with van der Waals surface area (Å²) < 4.78 is 0. The molecule has 2 aromatic rings. The van der Waals surface area contributed by atoms with Crippen LogP contribution in [0.4, 0.5) is 0 Å². The SMILES string of the molecule is Cc1cc(CN)ccc1CN(C)CCc1ccccn1. The van der Waals surface area contributed by atoms with E-state index < -0.39 is 0 Å². The molecule has 2 rings (SSSR count). The van der Waals surface area contributed by atoms with E-state index in [1.54, 1.807) is 0 Å². The van der Waals surface area contributed by atoms with Gasteiger partial charge in [-0.2, -0.15) is 0 Å². The second-order valence-corrected chi connectivity index (χ2v) is 5.27. The first-order valence-corrected chi connectivity index (χ1v) is 7.06. The average molecular weight is 269 g/mol. The van der Waals surface area contributed by atoms with Crippen LogP contribution in [-0.2, 0) is 19.5 Å². The van der Waals surface area contributed by atoms with Gasteiger partial charge in [0, 0.05) is 37.9 Å². The number of benzene rings is 1. The quantitative estimate of drug-likeness (QED) is 0.876. The van der Waals surface area contributed by atoms with E-state index in [0.29, 0.717) is 6.54 Å². The number of likely N-dealkylation sites (N-methyl/N-ethyl adjacent to an activating group) is 1. The van der Waals surface area contributed by atoms with Crippen LogP contribution in [0, 0.1) is 6.92 Å². The summed E-state index contributed by atoms with van der Waals surface area (Å²) in [5, 5.41) is 0. The first-order chi connectivity index (χ1) is 9.69. The largest absolute Gasteiger partial charge is 0.326 e. The molecule has 0 bridgehead atoms. The number of hydrogen-bond acceptors (Lipinski definition) is 3. The highest BCUT2D eigenvalue weighted by atomic mass is 15.1. The molecular formula is C17H23N3. The summed E-state index contributed by atoms with van der Waals surface area (Å²) in [5.41, 5.74) is 10.7. The Hall–Kier alpha value is -1.71.